The van der Waals surface area contributed by atoms with Gasteiger partial charge in [-0.15, -0.1) is 0 Å². The molecule has 0 aliphatic heterocycles. The molecule has 1 unspecified atom stereocenters. The summed E-state index contributed by atoms with van der Waals surface area (Å²) in [4.78, 5) is 0. The highest BCUT2D eigenvalue weighted by Gasteiger charge is 2.14. The maximum absolute atomic E-state index is 12.7. The molecule has 0 heterocycles. The van der Waals surface area contributed by atoms with Crippen molar-refractivity contribution in [3.63, 3.8) is 0 Å². The van der Waals surface area contributed by atoms with Crippen molar-refractivity contribution in [2.24, 2.45) is 5.73 Å². The smallest absolute Gasteiger partial charge is 0.124 e. The van der Waals surface area contributed by atoms with Gasteiger partial charge in [0, 0.05) is 3.57 Å². The Morgan fingerprint density at radius 2 is 2.15 bits per heavy atom. The topological polar surface area (TPSA) is 46.2 Å². The van der Waals surface area contributed by atoms with Crippen molar-refractivity contribution in [3.05, 3.63) is 33.1 Å². The Morgan fingerprint density at radius 1 is 1.54 bits per heavy atom. The lowest BCUT2D eigenvalue weighted by Gasteiger charge is -2.16. The van der Waals surface area contributed by atoms with Gasteiger partial charge in [-0.25, -0.2) is 4.39 Å². The first-order valence-electron chi connectivity index (χ1n) is 3.91. The molecule has 1 aromatic rings. The van der Waals surface area contributed by atoms with Gasteiger partial charge in [0.2, 0.25) is 0 Å². The van der Waals surface area contributed by atoms with Crippen molar-refractivity contribution >= 4 is 22.6 Å². The maximum Gasteiger partial charge on any atom is 0.124 e. The van der Waals surface area contributed by atoms with Crippen molar-refractivity contribution < 1.29 is 9.50 Å². The molecular weight excluding hydrogens is 284 g/mol. The van der Waals surface area contributed by atoms with E-state index in [9.17, 15) is 9.50 Å². The van der Waals surface area contributed by atoms with Crippen LogP contribution in [-0.4, -0.2) is 11.2 Å². The van der Waals surface area contributed by atoms with Crippen LogP contribution in [0.1, 0.15) is 18.5 Å². The average molecular weight is 295 g/mol. The summed E-state index contributed by atoms with van der Waals surface area (Å²) in [5.74, 6) is -0.286. The number of benzene rings is 1. The Kier molecular flexibility index (Phi) is 3.63. The second-order valence-electron chi connectivity index (χ2n) is 2.93. The lowest BCUT2D eigenvalue weighted by atomic mass is 10.0. The summed E-state index contributed by atoms with van der Waals surface area (Å²) in [5.41, 5.74) is 6.49. The summed E-state index contributed by atoms with van der Waals surface area (Å²) in [7, 11) is 0. The van der Waals surface area contributed by atoms with Crippen LogP contribution in [0.2, 0.25) is 0 Å². The average Bonchev–Trinajstić information content (AvgIpc) is 2.03. The Balaban J connectivity index is 3.01. The van der Waals surface area contributed by atoms with Gasteiger partial charge in [-0.1, -0.05) is 6.07 Å². The molecule has 0 fully saturated rings. The molecular formula is C9H11FINO. The van der Waals surface area contributed by atoms with E-state index in [1.165, 1.54) is 12.1 Å². The van der Waals surface area contributed by atoms with Crippen molar-refractivity contribution in [1.29, 1.82) is 0 Å². The van der Waals surface area contributed by atoms with Crippen LogP contribution in [0.4, 0.5) is 4.39 Å². The fourth-order valence-electron chi connectivity index (χ4n) is 1.03. The van der Waals surface area contributed by atoms with Crippen molar-refractivity contribution in [2.45, 2.75) is 19.1 Å². The molecule has 0 saturated heterocycles. The van der Waals surface area contributed by atoms with Gasteiger partial charge >= 0.3 is 0 Å². The van der Waals surface area contributed by atoms with Crippen LogP contribution < -0.4 is 5.73 Å². The summed E-state index contributed by atoms with van der Waals surface area (Å²) in [5, 5.41) is 9.25. The number of rotatable bonds is 2. The fourth-order valence-corrected chi connectivity index (χ4v) is 1.87. The summed E-state index contributed by atoms with van der Waals surface area (Å²) < 4.78 is 13.4. The first-order chi connectivity index (χ1) is 6.02. The number of hydrogen-bond acceptors (Lipinski definition) is 2. The quantitative estimate of drug-likeness (QED) is 0.817. The van der Waals surface area contributed by atoms with E-state index in [0.29, 0.717) is 0 Å². The van der Waals surface area contributed by atoms with Gasteiger partial charge in [0.1, 0.15) is 5.82 Å². The van der Waals surface area contributed by atoms with Crippen LogP contribution in [0, 0.1) is 9.39 Å². The molecule has 2 nitrogen and oxygen atoms in total. The zero-order chi connectivity index (χ0) is 10.0. The second kappa shape index (κ2) is 4.34. The van der Waals surface area contributed by atoms with Crippen LogP contribution >= 0.6 is 22.6 Å². The lowest BCUT2D eigenvalue weighted by molar-refractivity contribution is 0.164. The van der Waals surface area contributed by atoms with Crippen LogP contribution in [0.25, 0.3) is 0 Å². The molecule has 0 aliphatic rings. The Morgan fingerprint density at radius 3 is 2.62 bits per heavy atom. The molecule has 4 heteroatoms. The standard InChI is InChI=1S/C9H11FINO/c1-5(13)9(12)7-3-2-6(10)4-8(7)11/h2-5,9,13H,12H2,1H3/t5?,9-/m1/s1. The molecule has 0 radical (unpaired) electrons. The molecule has 1 aromatic carbocycles. The lowest BCUT2D eigenvalue weighted by Crippen LogP contribution is -2.24. The van der Waals surface area contributed by atoms with Gasteiger partial charge in [0.15, 0.2) is 0 Å². The minimum Gasteiger partial charge on any atom is -0.391 e. The van der Waals surface area contributed by atoms with E-state index in [2.05, 4.69) is 0 Å². The highest BCUT2D eigenvalue weighted by atomic mass is 127. The summed E-state index contributed by atoms with van der Waals surface area (Å²) in [6, 6.07) is 3.90. The van der Waals surface area contributed by atoms with Crippen molar-refractivity contribution in [2.75, 3.05) is 0 Å². The summed E-state index contributed by atoms with van der Waals surface area (Å²) in [6.07, 6.45) is -0.626. The van der Waals surface area contributed by atoms with Gasteiger partial charge in [0.05, 0.1) is 12.1 Å². The monoisotopic (exact) mass is 295 g/mol. The molecule has 13 heavy (non-hydrogen) atoms. The first-order valence-corrected chi connectivity index (χ1v) is 4.99. The van der Waals surface area contributed by atoms with Gasteiger partial charge < -0.3 is 10.8 Å². The zero-order valence-electron chi connectivity index (χ0n) is 7.17. The second-order valence-corrected chi connectivity index (χ2v) is 4.09. The van der Waals surface area contributed by atoms with Gasteiger partial charge in [0.25, 0.3) is 0 Å². The van der Waals surface area contributed by atoms with Crippen LogP contribution in [-0.2, 0) is 0 Å². The Labute approximate surface area is 90.1 Å². The van der Waals surface area contributed by atoms with Gasteiger partial charge in [-0.2, -0.15) is 0 Å². The minimum absolute atomic E-state index is 0.286. The van der Waals surface area contributed by atoms with E-state index >= 15 is 0 Å². The maximum atomic E-state index is 12.7. The van der Waals surface area contributed by atoms with E-state index in [1.807, 2.05) is 22.6 Å². The van der Waals surface area contributed by atoms with E-state index in [-0.39, 0.29) is 5.82 Å². The molecule has 1 rings (SSSR count). The van der Waals surface area contributed by atoms with Gasteiger partial charge in [-0.05, 0) is 47.2 Å². The number of nitrogens with two attached hydrogens (primary N) is 1. The zero-order valence-corrected chi connectivity index (χ0v) is 9.32. The summed E-state index contributed by atoms with van der Waals surface area (Å²) in [6.45, 7) is 1.62. The fraction of sp³-hybridized carbons (Fsp3) is 0.333. The first kappa shape index (κ1) is 10.9. The van der Waals surface area contributed by atoms with Gasteiger partial charge in [-0.3, -0.25) is 0 Å². The molecule has 72 valence electrons. The molecule has 2 atom stereocenters. The highest BCUT2D eigenvalue weighted by Crippen LogP contribution is 2.21. The molecule has 0 saturated carbocycles. The molecule has 3 N–H and O–H groups in total. The van der Waals surface area contributed by atoms with Crippen molar-refractivity contribution in [1.82, 2.24) is 0 Å². The minimum atomic E-state index is -0.626. The predicted octanol–water partition coefficient (Wildman–Crippen LogP) is 1.81. The third kappa shape index (κ3) is 2.62. The third-order valence-corrected chi connectivity index (χ3v) is 2.78. The normalized spacial score (nSPS) is 15.5. The molecule has 0 bridgehead atoms. The predicted molar refractivity (Wildman–Crippen MR) is 57.7 cm³/mol. The largest absolute Gasteiger partial charge is 0.391 e. The number of halogens is 2. The van der Waals surface area contributed by atoms with E-state index < -0.39 is 12.1 Å². The summed E-state index contributed by atoms with van der Waals surface area (Å²) >= 11 is 2.00. The SMILES string of the molecule is CC(O)[C@@H](N)c1ccc(F)cc1I. The van der Waals surface area contributed by atoms with Crippen LogP contribution in [0.15, 0.2) is 18.2 Å². The number of aliphatic hydroxyl groups is 1. The Hall–Kier alpha value is -0.200. The molecule has 0 amide bonds. The number of aliphatic hydroxyl groups excluding tert-OH is 1. The highest BCUT2D eigenvalue weighted by molar-refractivity contribution is 14.1. The Bertz CT molecular complexity index is 304. The number of hydrogen-bond donors (Lipinski definition) is 2. The molecule has 0 spiro atoms. The van der Waals surface area contributed by atoms with E-state index in [0.717, 1.165) is 9.13 Å². The molecule has 0 aromatic heterocycles. The third-order valence-electron chi connectivity index (χ3n) is 1.84. The van der Waals surface area contributed by atoms with Crippen LogP contribution in [0.5, 0.6) is 0 Å². The van der Waals surface area contributed by atoms with Crippen LogP contribution in [0.3, 0.4) is 0 Å². The molecule has 0 aliphatic carbocycles. The van der Waals surface area contributed by atoms with E-state index in [4.69, 9.17) is 5.73 Å². The van der Waals surface area contributed by atoms with E-state index in [1.54, 1.807) is 13.0 Å². The van der Waals surface area contributed by atoms with Crippen molar-refractivity contribution in [3.8, 4) is 0 Å².